The van der Waals surface area contributed by atoms with E-state index in [-0.39, 0.29) is 0 Å². The van der Waals surface area contributed by atoms with Crippen LogP contribution in [-0.4, -0.2) is 12.6 Å². The third kappa shape index (κ3) is 7.38. The fourth-order valence-electron chi connectivity index (χ4n) is 1.47. The van der Waals surface area contributed by atoms with Crippen molar-refractivity contribution in [2.75, 3.05) is 6.54 Å². The molecule has 1 atom stereocenters. The van der Waals surface area contributed by atoms with Crippen molar-refractivity contribution in [1.29, 1.82) is 0 Å². The van der Waals surface area contributed by atoms with Gasteiger partial charge in [-0.1, -0.05) is 38.0 Å². The van der Waals surface area contributed by atoms with E-state index in [1.54, 1.807) is 0 Å². The quantitative estimate of drug-likeness (QED) is 0.623. The number of rotatable bonds is 7. The minimum atomic E-state index is 0.483. The summed E-state index contributed by atoms with van der Waals surface area (Å²) in [6, 6.07) is 0.483. The molecule has 0 saturated heterocycles. The molecule has 1 unspecified atom stereocenters. The summed E-state index contributed by atoms with van der Waals surface area (Å²) in [4.78, 5) is 0. The second-order valence-corrected chi connectivity index (χ2v) is 4.38. The fraction of sp³-hybridized carbons (Fsp3) is 0.714. The van der Waals surface area contributed by atoms with Crippen LogP contribution in [0.15, 0.2) is 23.3 Å². The number of hydrogen-bond donors (Lipinski definition) is 1. The Kier molecular flexibility index (Phi) is 8.40. The van der Waals surface area contributed by atoms with Gasteiger partial charge in [0.15, 0.2) is 0 Å². The van der Waals surface area contributed by atoms with Gasteiger partial charge in [0, 0.05) is 6.04 Å². The molecule has 0 radical (unpaired) electrons. The van der Waals surface area contributed by atoms with Crippen LogP contribution in [0.3, 0.4) is 0 Å². The standard InChI is InChI=1S/C14H27N/c1-6-8-14(12(3)4)10-9-13(5)15-11-7-2/h9-10,13,15H,6-8,11H2,1-5H3/b10-9-. The van der Waals surface area contributed by atoms with Gasteiger partial charge < -0.3 is 5.32 Å². The molecule has 1 heteroatoms. The van der Waals surface area contributed by atoms with E-state index in [2.05, 4.69) is 52.1 Å². The summed E-state index contributed by atoms with van der Waals surface area (Å²) in [6.07, 6.45) is 8.17. The average Bonchev–Trinajstić information content (AvgIpc) is 2.20. The molecule has 0 spiro atoms. The summed E-state index contributed by atoms with van der Waals surface area (Å²) in [5, 5.41) is 3.46. The Morgan fingerprint density at radius 2 is 1.87 bits per heavy atom. The Labute approximate surface area is 95.7 Å². The van der Waals surface area contributed by atoms with E-state index in [1.165, 1.54) is 30.4 Å². The summed E-state index contributed by atoms with van der Waals surface area (Å²) in [7, 11) is 0. The second kappa shape index (κ2) is 8.72. The molecule has 1 N–H and O–H groups in total. The first-order valence-corrected chi connectivity index (χ1v) is 6.19. The van der Waals surface area contributed by atoms with Crippen molar-refractivity contribution in [3.05, 3.63) is 23.3 Å². The van der Waals surface area contributed by atoms with Gasteiger partial charge in [0.2, 0.25) is 0 Å². The molecule has 0 aliphatic heterocycles. The van der Waals surface area contributed by atoms with Crippen molar-refractivity contribution in [3.63, 3.8) is 0 Å². The topological polar surface area (TPSA) is 12.0 Å². The van der Waals surface area contributed by atoms with Crippen molar-refractivity contribution in [2.45, 2.75) is 59.9 Å². The predicted molar refractivity (Wildman–Crippen MR) is 70.2 cm³/mol. The Morgan fingerprint density at radius 1 is 1.20 bits per heavy atom. The molecule has 0 amide bonds. The Balaban J connectivity index is 4.16. The van der Waals surface area contributed by atoms with Gasteiger partial charge in [0.05, 0.1) is 0 Å². The second-order valence-electron chi connectivity index (χ2n) is 4.38. The van der Waals surface area contributed by atoms with Crippen LogP contribution in [0.5, 0.6) is 0 Å². The van der Waals surface area contributed by atoms with E-state index < -0.39 is 0 Å². The maximum atomic E-state index is 3.46. The highest BCUT2D eigenvalue weighted by molar-refractivity contribution is 5.24. The van der Waals surface area contributed by atoms with Gasteiger partial charge in [-0.25, -0.2) is 0 Å². The van der Waals surface area contributed by atoms with E-state index in [4.69, 9.17) is 0 Å². The Morgan fingerprint density at radius 3 is 2.33 bits per heavy atom. The van der Waals surface area contributed by atoms with E-state index >= 15 is 0 Å². The summed E-state index contributed by atoms with van der Waals surface area (Å²) < 4.78 is 0. The van der Waals surface area contributed by atoms with Gasteiger partial charge in [-0.05, 0) is 45.7 Å². The lowest BCUT2D eigenvalue weighted by molar-refractivity contribution is 0.623. The van der Waals surface area contributed by atoms with Crippen LogP contribution < -0.4 is 5.32 Å². The molecule has 0 rings (SSSR count). The molecule has 0 saturated carbocycles. The van der Waals surface area contributed by atoms with Gasteiger partial charge in [0.1, 0.15) is 0 Å². The Hall–Kier alpha value is -0.560. The summed E-state index contributed by atoms with van der Waals surface area (Å²) in [5.74, 6) is 0. The van der Waals surface area contributed by atoms with Gasteiger partial charge in [0.25, 0.3) is 0 Å². The molecule has 0 aliphatic rings. The van der Waals surface area contributed by atoms with Gasteiger partial charge >= 0.3 is 0 Å². The lowest BCUT2D eigenvalue weighted by Gasteiger charge is -2.09. The molecule has 88 valence electrons. The normalized spacial score (nSPS) is 13.1. The zero-order chi connectivity index (χ0) is 11.7. The SMILES string of the molecule is CCCNC(C)/C=C\C(CCC)=C(C)C. The fourth-order valence-corrected chi connectivity index (χ4v) is 1.47. The minimum absolute atomic E-state index is 0.483. The molecule has 0 bridgehead atoms. The highest BCUT2D eigenvalue weighted by Crippen LogP contribution is 2.12. The molecule has 0 aromatic carbocycles. The third-order valence-electron chi connectivity index (χ3n) is 2.46. The highest BCUT2D eigenvalue weighted by atomic mass is 14.9. The average molecular weight is 209 g/mol. The number of allylic oxidation sites excluding steroid dienone is 3. The molecule has 1 nitrogen and oxygen atoms in total. The van der Waals surface area contributed by atoms with Crippen molar-refractivity contribution in [1.82, 2.24) is 5.32 Å². The molecule has 0 aromatic rings. The largest absolute Gasteiger partial charge is 0.311 e. The van der Waals surface area contributed by atoms with Crippen LogP contribution in [0.1, 0.15) is 53.9 Å². The third-order valence-corrected chi connectivity index (χ3v) is 2.46. The van der Waals surface area contributed by atoms with Crippen molar-refractivity contribution in [3.8, 4) is 0 Å². The zero-order valence-corrected chi connectivity index (χ0v) is 11.1. The van der Waals surface area contributed by atoms with Gasteiger partial charge in [-0.15, -0.1) is 0 Å². The monoisotopic (exact) mass is 209 g/mol. The van der Waals surface area contributed by atoms with Gasteiger partial charge in [-0.2, -0.15) is 0 Å². The first-order chi connectivity index (χ1) is 7.11. The van der Waals surface area contributed by atoms with Crippen molar-refractivity contribution in [2.24, 2.45) is 0 Å². The molecule has 0 fully saturated rings. The maximum Gasteiger partial charge on any atom is 0.0224 e. The van der Waals surface area contributed by atoms with Crippen LogP contribution in [0.2, 0.25) is 0 Å². The first-order valence-electron chi connectivity index (χ1n) is 6.19. The smallest absolute Gasteiger partial charge is 0.0224 e. The summed E-state index contributed by atoms with van der Waals surface area (Å²) in [5.41, 5.74) is 2.93. The lowest BCUT2D eigenvalue weighted by atomic mass is 10.0. The predicted octanol–water partition coefficient (Wildman–Crippen LogP) is 4.07. The van der Waals surface area contributed by atoms with Gasteiger partial charge in [-0.3, -0.25) is 0 Å². The maximum absolute atomic E-state index is 3.46. The lowest BCUT2D eigenvalue weighted by Crippen LogP contribution is -2.24. The summed E-state index contributed by atoms with van der Waals surface area (Å²) >= 11 is 0. The Bertz CT molecular complexity index is 209. The van der Waals surface area contributed by atoms with Crippen LogP contribution in [0, 0.1) is 0 Å². The molecular weight excluding hydrogens is 182 g/mol. The molecule has 15 heavy (non-hydrogen) atoms. The molecule has 0 aliphatic carbocycles. The highest BCUT2D eigenvalue weighted by Gasteiger charge is 1.96. The summed E-state index contributed by atoms with van der Waals surface area (Å²) in [6.45, 7) is 12.1. The van der Waals surface area contributed by atoms with E-state index in [1.807, 2.05) is 0 Å². The van der Waals surface area contributed by atoms with Crippen molar-refractivity contribution < 1.29 is 0 Å². The number of nitrogens with one attached hydrogen (secondary N) is 1. The molecule has 0 aromatic heterocycles. The van der Waals surface area contributed by atoms with Crippen LogP contribution in [-0.2, 0) is 0 Å². The van der Waals surface area contributed by atoms with Crippen molar-refractivity contribution >= 4 is 0 Å². The van der Waals surface area contributed by atoms with E-state index in [9.17, 15) is 0 Å². The van der Waals surface area contributed by atoms with E-state index in [0.29, 0.717) is 6.04 Å². The minimum Gasteiger partial charge on any atom is -0.311 e. The zero-order valence-electron chi connectivity index (χ0n) is 11.1. The van der Waals surface area contributed by atoms with Crippen LogP contribution in [0.25, 0.3) is 0 Å². The van der Waals surface area contributed by atoms with Crippen LogP contribution in [0.4, 0.5) is 0 Å². The van der Waals surface area contributed by atoms with E-state index in [0.717, 1.165) is 6.54 Å². The first kappa shape index (κ1) is 14.4. The number of hydrogen-bond acceptors (Lipinski definition) is 1. The molecular formula is C14H27N. The molecule has 0 heterocycles. The van der Waals surface area contributed by atoms with Crippen LogP contribution >= 0.6 is 0 Å².